The first-order valence-corrected chi connectivity index (χ1v) is 5.96. The van der Waals surface area contributed by atoms with Gasteiger partial charge in [0.25, 0.3) is 0 Å². The monoisotopic (exact) mass is 210 g/mol. The molecule has 0 saturated heterocycles. The van der Waals surface area contributed by atoms with Gasteiger partial charge < -0.3 is 5.11 Å². The van der Waals surface area contributed by atoms with Gasteiger partial charge in [0.1, 0.15) is 0 Å². The van der Waals surface area contributed by atoms with Crippen LogP contribution in [-0.2, 0) is 0 Å². The molecule has 0 bridgehead atoms. The fraction of sp³-hybridized carbons (Fsp3) is 0.714. The molecule has 1 nitrogen and oxygen atoms in total. The highest BCUT2D eigenvalue weighted by Gasteiger charge is 2.13. The van der Waals surface area contributed by atoms with Crippen LogP contribution < -0.4 is 0 Å². The van der Waals surface area contributed by atoms with E-state index in [1.165, 1.54) is 12.8 Å². The molecule has 0 aliphatic heterocycles. The van der Waals surface area contributed by atoms with Crippen LogP contribution in [0.5, 0.6) is 0 Å². The summed E-state index contributed by atoms with van der Waals surface area (Å²) in [6.45, 7) is 14.2. The summed E-state index contributed by atoms with van der Waals surface area (Å²) in [6.07, 6.45) is 5.57. The van der Waals surface area contributed by atoms with Gasteiger partial charge in [-0.25, -0.2) is 0 Å². The van der Waals surface area contributed by atoms with Crippen LogP contribution in [0.15, 0.2) is 24.8 Å². The molecule has 0 aliphatic carbocycles. The fourth-order valence-corrected chi connectivity index (χ4v) is 1.66. The van der Waals surface area contributed by atoms with Crippen molar-refractivity contribution in [3.05, 3.63) is 24.8 Å². The molecule has 1 heteroatoms. The maximum Gasteiger partial charge on any atom is 0.0784 e. The highest BCUT2D eigenvalue weighted by atomic mass is 16.3. The van der Waals surface area contributed by atoms with E-state index < -0.39 is 6.10 Å². The molecule has 0 aliphatic rings. The van der Waals surface area contributed by atoms with Crippen molar-refractivity contribution in [2.24, 2.45) is 11.8 Å². The summed E-state index contributed by atoms with van der Waals surface area (Å²) in [5, 5.41) is 9.73. The molecule has 0 radical (unpaired) electrons. The molecule has 0 aromatic rings. The smallest absolute Gasteiger partial charge is 0.0784 e. The normalized spacial score (nSPS) is 15.0. The highest BCUT2D eigenvalue weighted by molar-refractivity contribution is 5.07. The first-order valence-electron chi connectivity index (χ1n) is 5.96. The zero-order valence-electron chi connectivity index (χ0n) is 10.5. The first kappa shape index (κ1) is 14.4. The van der Waals surface area contributed by atoms with Gasteiger partial charge in [-0.1, -0.05) is 46.3 Å². The second-order valence-electron chi connectivity index (χ2n) is 4.84. The Morgan fingerprint density at radius 2 is 1.87 bits per heavy atom. The van der Waals surface area contributed by atoms with Gasteiger partial charge in [0.2, 0.25) is 0 Å². The van der Waals surface area contributed by atoms with E-state index in [1.807, 2.05) is 0 Å². The summed E-state index contributed by atoms with van der Waals surface area (Å²) in [7, 11) is 0. The fourth-order valence-electron chi connectivity index (χ4n) is 1.66. The summed E-state index contributed by atoms with van der Waals surface area (Å²) in [5.74, 6) is 1.18. The Labute approximate surface area is 94.9 Å². The minimum atomic E-state index is -0.406. The van der Waals surface area contributed by atoms with E-state index in [9.17, 15) is 5.11 Å². The molecule has 0 aromatic heterocycles. The SMILES string of the molecule is C=CCC(O)C(=C)[C@H](C)CCCC(C)C. The molecule has 0 spiro atoms. The lowest BCUT2D eigenvalue weighted by atomic mass is 9.90. The van der Waals surface area contributed by atoms with Gasteiger partial charge in [0.05, 0.1) is 6.10 Å². The predicted octanol–water partition coefficient (Wildman–Crippen LogP) is 3.94. The van der Waals surface area contributed by atoms with Crippen LogP contribution in [0.2, 0.25) is 0 Å². The third kappa shape index (κ3) is 6.51. The molecule has 0 fully saturated rings. The third-order valence-electron chi connectivity index (χ3n) is 2.87. The van der Waals surface area contributed by atoms with E-state index in [0.29, 0.717) is 12.3 Å². The Balaban J connectivity index is 3.82. The van der Waals surface area contributed by atoms with E-state index >= 15 is 0 Å². The van der Waals surface area contributed by atoms with Crippen molar-refractivity contribution >= 4 is 0 Å². The summed E-state index contributed by atoms with van der Waals surface area (Å²) in [4.78, 5) is 0. The Hall–Kier alpha value is -0.560. The Bertz CT molecular complexity index is 194. The van der Waals surface area contributed by atoms with Gasteiger partial charge in [-0.3, -0.25) is 0 Å². The van der Waals surface area contributed by atoms with Gasteiger partial charge in [-0.2, -0.15) is 0 Å². The molecular formula is C14H26O. The molecule has 0 saturated carbocycles. The second kappa shape index (κ2) is 7.70. The summed E-state index contributed by atoms with van der Waals surface area (Å²) >= 11 is 0. The minimum Gasteiger partial charge on any atom is -0.388 e. The van der Waals surface area contributed by atoms with Crippen LogP contribution in [-0.4, -0.2) is 11.2 Å². The number of hydrogen-bond acceptors (Lipinski definition) is 1. The van der Waals surface area contributed by atoms with Gasteiger partial charge >= 0.3 is 0 Å². The van der Waals surface area contributed by atoms with Gasteiger partial charge in [-0.05, 0) is 30.3 Å². The Morgan fingerprint density at radius 1 is 1.27 bits per heavy atom. The molecule has 2 atom stereocenters. The Kier molecular flexibility index (Phi) is 7.41. The standard InChI is InChI=1S/C14H26O/c1-6-8-14(15)13(5)12(4)10-7-9-11(2)3/h6,11-12,14-15H,1,5,7-10H2,2-4H3/t12-,14?/m1/s1. The lowest BCUT2D eigenvalue weighted by molar-refractivity contribution is 0.200. The summed E-state index contributed by atoms with van der Waals surface area (Å²) in [5.41, 5.74) is 0.957. The number of hydrogen-bond donors (Lipinski definition) is 1. The molecular weight excluding hydrogens is 184 g/mol. The van der Waals surface area contributed by atoms with Crippen LogP contribution in [0.25, 0.3) is 0 Å². The molecule has 15 heavy (non-hydrogen) atoms. The average Bonchev–Trinajstić information content (AvgIpc) is 2.16. The lowest BCUT2D eigenvalue weighted by Gasteiger charge is -2.19. The van der Waals surface area contributed by atoms with E-state index in [0.717, 1.165) is 17.9 Å². The predicted molar refractivity (Wildman–Crippen MR) is 67.8 cm³/mol. The van der Waals surface area contributed by atoms with Crippen molar-refractivity contribution in [2.45, 2.75) is 52.6 Å². The van der Waals surface area contributed by atoms with E-state index in [4.69, 9.17) is 0 Å². The number of rotatable bonds is 8. The zero-order chi connectivity index (χ0) is 11.8. The second-order valence-corrected chi connectivity index (χ2v) is 4.84. The molecule has 88 valence electrons. The van der Waals surface area contributed by atoms with Crippen LogP contribution in [0, 0.1) is 11.8 Å². The highest BCUT2D eigenvalue weighted by Crippen LogP contribution is 2.22. The van der Waals surface area contributed by atoms with Gasteiger partial charge in [0, 0.05) is 0 Å². The largest absolute Gasteiger partial charge is 0.388 e. The number of aliphatic hydroxyl groups is 1. The molecule has 1 N–H and O–H groups in total. The summed E-state index contributed by atoms with van der Waals surface area (Å²) < 4.78 is 0. The van der Waals surface area contributed by atoms with Crippen LogP contribution in [0.4, 0.5) is 0 Å². The van der Waals surface area contributed by atoms with Crippen molar-refractivity contribution in [3.63, 3.8) is 0 Å². The van der Waals surface area contributed by atoms with Crippen molar-refractivity contribution in [1.82, 2.24) is 0 Å². The van der Waals surface area contributed by atoms with Crippen molar-refractivity contribution < 1.29 is 5.11 Å². The van der Waals surface area contributed by atoms with E-state index in [1.54, 1.807) is 6.08 Å². The average molecular weight is 210 g/mol. The van der Waals surface area contributed by atoms with E-state index in [2.05, 4.69) is 33.9 Å². The molecule has 0 rings (SSSR count). The Morgan fingerprint density at radius 3 is 2.33 bits per heavy atom. The number of aliphatic hydroxyl groups excluding tert-OH is 1. The molecule has 0 aromatic carbocycles. The first-order chi connectivity index (χ1) is 6.99. The maximum absolute atomic E-state index is 9.73. The van der Waals surface area contributed by atoms with Crippen molar-refractivity contribution in [3.8, 4) is 0 Å². The zero-order valence-corrected chi connectivity index (χ0v) is 10.5. The lowest BCUT2D eigenvalue weighted by Crippen LogP contribution is -2.14. The van der Waals surface area contributed by atoms with Crippen LogP contribution in [0.3, 0.4) is 0 Å². The van der Waals surface area contributed by atoms with Gasteiger partial charge in [0.15, 0.2) is 0 Å². The molecule has 0 heterocycles. The van der Waals surface area contributed by atoms with E-state index in [-0.39, 0.29) is 0 Å². The van der Waals surface area contributed by atoms with Gasteiger partial charge in [-0.15, -0.1) is 6.58 Å². The quantitative estimate of drug-likeness (QED) is 0.602. The van der Waals surface area contributed by atoms with Crippen LogP contribution >= 0.6 is 0 Å². The van der Waals surface area contributed by atoms with Crippen molar-refractivity contribution in [2.75, 3.05) is 0 Å². The van der Waals surface area contributed by atoms with Crippen molar-refractivity contribution in [1.29, 1.82) is 0 Å². The molecule has 0 amide bonds. The topological polar surface area (TPSA) is 20.2 Å². The van der Waals surface area contributed by atoms with Crippen LogP contribution in [0.1, 0.15) is 46.5 Å². The maximum atomic E-state index is 9.73. The summed E-state index contributed by atoms with van der Waals surface area (Å²) in [6, 6.07) is 0. The third-order valence-corrected chi connectivity index (χ3v) is 2.87. The minimum absolute atomic E-state index is 0.406. The molecule has 1 unspecified atom stereocenters.